The van der Waals surface area contributed by atoms with E-state index >= 15 is 0 Å². The molecule has 3 heterocycles. The van der Waals surface area contributed by atoms with Crippen LogP contribution in [0.5, 0.6) is 5.75 Å². The van der Waals surface area contributed by atoms with Crippen molar-refractivity contribution in [3.05, 3.63) is 48.7 Å². The number of piperazine rings is 1. The molecule has 1 N–H and O–H groups in total. The number of pyridine rings is 1. The highest BCUT2D eigenvalue weighted by molar-refractivity contribution is 5.96. The number of para-hydroxylation sites is 1. The van der Waals surface area contributed by atoms with Gasteiger partial charge in [0.05, 0.1) is 0 Å². The zero-order chi connectivity index (χ0) is 17.1. The summed E-state index contributed by atoms with van der Waals surface area (Å²) in [7, 11) is 0. The Morgan fingerprint density at radius 3 is 2.68 bits per heavy atom. The van der Waals surface area contributed by atoms with Crippen molar-refractivity contribution in [3.63, 3.8) is 0 Å². The number of carbonyl (C=O) groups excluding carboxylic acids is 1. The number of ether oxygens (including phenoxy) is 1. The zero-order valence-electron chi connectivity index (χ0n) is 14.1. The molecule has 0 bridgehead atoms. The van der Waals surface area contributed by atoms with Crippen LogP contribution in [0.4, 0.5) is 11.5 Å². The van der Waals surface area contributed by atoms with E-state index in [0.717, 1.165) is 32.7 Å². The lowest BCUT2D eigenvalue weighted by molar-refractivity contribution is -0.124. The van der Waals surface area contributed by atoms with E-state index < -0.39 is 6.10 Å². The molecule has 0 radical (unpaired) electrons. The second kappa shape index (κ2) is 7.11. The zero-order valence-corrected chi connectivity index (χ0v) is 14.1. The number of hydrogen-bond acceptors (Lipinski definition) is 5. The topological polar surface area (TPSA) is 57.7 Å². The Labute approximate surface area is 147 Å². The normalized spacial score (nSPS) is 20.6. The molecule has 130 valence electrons. The third-order valence-electron chi connectivity index (χ3n) is 4.78. The van der Waals surface area contributed by atoms with Gasteiger partial charge in [-0.25, -0.2) is 4.98 Å². The van der Waals surface area contributed by atoms with Gasteiger partial charge in [-0.05, 0) is 24.3 Å². The number of amides is 1. The molecular weight excluding hydrogens is 316 g/mol. The second-order valence-corrected chi connectivity index (χ2v) is 6.40. The molecule has 2 aliphatic rings. The van der Waals surface area contributed by atoms with Gasteiger partial charge in [0, 0.05) is 51.0 Å². The maximum absolute atomic E-state index is 12.2. The van der Waals surface area contributed by atoms with Crippen LogP contribution in [0.3, 0.4) is 0 Å². The predicted molar refractivity (Wildman–Crippen MR) is 97.0 cm³/mol. The molecule has 1 atom stereocenters. The number of hydrogen-bond donors (Lipinski definition) is 1. The quantitative estimate of drug-likeness (QED) is 0.924. The average Bonchev–Trinajstić information content (AvgIpc) is 2.67. The number of aromatic nitrogens is 1. The van der Waals surface area contributed by atoms with Gasteiger partial charge in [-0.15, -0.1) is 0 Å². The van der Waals surface area contributed by atoms with E-state index in [1.807, 2.05) is 18.2 Å². The first-order valence-electron chi connectivity index (χ1n) is 8.74. The van der Waals surface area contributed by atoms with E-state index in [1.165, 1.54) is 5.69 Å². The molecule has 1 fully saturated rings. The van der Waals surface area contributed by atoms with Crippen molar-refractivity contribution in [2.45, 2.75) is 12.5 Å². The van der Waals surface area contributed by atoms with Crippen molar-refractivity contribution in [2.75, 3.05) is 42.9 Å². The van der Waals surface area contributed by atoms with E-state index in [2.05, 4.69) is 44.4 Å². The molecule has 1 aromatic heterocycles. The Balaban J connectivity index is 1.28. The van der Waals surface area contributed by atoms with Gasteiger partial charge in [0.1, 0.15) is 0 Å². The van der Waals surface area contributed by atoms with Crippen LogP contribution < -0.4 is 15.0 Å². The Bertz CT molecular complexity index is 729. The average molecular weight is 338 g/mol. The van der Waals surface area contributed by atoms with Crippen molar-refractivity contribution < 1.29 is 9.53 Å². The van der Waals surface area contributed by atoms with Gasteiger partial charge in [-0.2, -0.15) is 0 Å². The minimum absolute atomic E-state index is 0.103. The summed E-state index contributed by atoms with van der Waals surface area (Å²) in [5.74, 6) is 1.07. The molecule has 1 aromatic carbocycles. The Kier molecular flexibility index (Phi) is 4.52. The summed E-state index contributed by atoms with van der Waals surface area (Å²) < 4.78 is 5.81. The summed E-state index contributed by atoms with van der Waals surface area (Å²) in [6.07, 6.45) is 1.89. The van der Waals surface area contributed by atoms with E-state index in [0.29, 0.717) is 18.0 Å². The van der Waals surface area contributed by atoms with Gasteiger partial charge in [0.15, 0.2) is 17.7 Å². The maximum Gasteiger partial charge on any atom is 0.266 e. The first-order valence-corrected chi connectivity index (χ1v) is 8.74. The van der Waals surface area contributed by atoms with Crippen LogP contribution in [0.2, 0.25) is 0 Å². The van der Waals surface area contributed by atoms with Crippen molar-refractivity contribution >= 4 is 17.4 Å². The first kappa shape index (κ1) is 15.9. The largest absolute Gasteiger partial charge is 0.477 e. The Morgan fingerprint density at radius 2 is 1.88 bits per heavy atom. The number of benzene rings is 1. The van der Waals surface area contributed by atoms with Gasteiger partial charge in [0.25, 0.3) is 5.91 Å². The summed E-state index contributed by atoms with van der Waals surface area (Å²) in [5.41, 5.74) is 1.28. The molecule has 0 aliphatic carbocycles. The number of rotatable bonds is 4. The Morgan fingerprint density at radius 1 is 1.08 bits per heavy atom. The van der Waals surface area contributed by atoms with E-state index in [1.54, 1.807) is 6.20 Å². The van der Waals surface area contributed by atoms with Crippen LogP contribution in [0, 0.1) is 0 Å². The predicted octanol–water partition coefficient (Wildman–Crippen LogP) is 1.99. The van der Waals surface area contributed by atoms with Crippen molar-refractivity contribution in [1.82, 2.24) is 9.88 Å². The minimum atomic E-state index is -0.441. The van der Waals surface area contributed by atoms with Crippen molar-refractivity contribution in [2.24, 2.45) is 0 Å². The molecule has 2 aliphatic heterocycles. The SMILES string of the molecule is O=C1Nc2ncccc2O[C@H]1CCN1CCN(c2ccccc2)CC1. The third kappa shape index (κ3) is 3.58. The number of nitrogens with one attached hydrogen (secondary N) is 1. The lowest BCUT2D eigenvalue weighted by Gasteiger charge is -2.36. The molecule has 1 saturated heterocycles. The lowest BCUT2D eigenvalue weighted by Crippen LogP contribution is -2.48. The molecule has 4 rings (SSSR count). The van der Waals surface area contributed by atoms with E-state index in [-0.39, 0.29) is 5.91 Å². The van der Waals surface area contributed by atoms with E-state index in [9.17, 15) is 4.79 Å². The van der Waals surface area contributed by atoms with Crippen molar-refractivity contribution in [1.29, 1.82) is 0 Å². The molecule has 0 unspecified atom stereocenters. The molecule has 2 aromatic rings. The van der Waals surface area contributed by atoms with Crippen LogP contribution in [0.1, 0.15) is 6.42 Å². The molecule has 25 heavy (non-hydrogen) atoms. The number of carbonyl (C=O) groups is 1. The molecule has 6 nitrogen and oxygen atoms in total. The van der Waals surface area contributed by atoms with Crippen LogP contribution >= 0.6 is 0 Å². The van der Waals surface area contributed by atoms with Gasteiger partial charge < -0.3 is 15.0 Å². The highest BCUT2D eigenvalue weighted by Gasteiger charge is 2.29. The number of fused-ring (bicyclic) bond motifs is 1. The molecule has 6 heteroatoms. The van der Waals surface area contributed by atoms with Gasteiger partial charge in [-0.3, -0.25) is 9.69 Å². The fourth-order valence-corrected chi connectivity index (χ4v) is 3.34. The number of nitrogens with zero attached hydrogens (tertiary/aromatic N) is 3. The highest BCUT2D eigenvalue weighted by Crippen LogP contribution is 2.27. The standard InChI is InChI=1S/C19H22N4O2/c24-19-17(25-16-7-4-9-20-18(16)21-19)8-10-22-11-13-23(14-12-22)15-5-2-1-3-6-15/h1-7,9,17H,8,10-14H2,(H,20,21,24)/t17-/m0/s1. The number of anilines is 2. The summed E-state index contributed by atoms with van der Waals surface area (Å²) in [6, 6.07) is 14.2. The fraction of sp³-hybridized carbons (Fsp3) is 0.368. The Hall–Kier alpha value is -2.60. The smallest absolute Gasteiger partial charge is 0.266 e. The molecule has 1 amide bonds. The summed E-state index contributed by atoms with van der Waals surface area (Å²) >= 11 is 0. The second-order valence-electron chi connectivity index (χ2n) is 6.40. The maximum atomic E-state index is 12.2. The van der Waals surface area contributed by atoms with Crippen LogP contribution in [-0.4, -0.2) is 54.6 Å². The molecular formula is C19H22N4O2. The molecule has 0 saturated carbocycles. The van der Waals surface area contributed by atoms with Gasteiger partial charge >= 0.3 is 0 Å². The minimum Gasteiger partial charge on any atom is -0.477 e. The lowest BCUT2D eigenvalue weighted by atomic mass is 10.1. The fourth-order valence-electron chi connectivity index (χ4n) is 3.34. The summed E-state index contributed by atoms with van der Waals surface area (Å²) in [5, 5.41) is 2.82. The van der Waals surface area contributed by atoms with E-state index in [4.69, 9.17) is 4.74 Å². The third-order valence-corrected chi connectivity index (χ3v) is 4.78. The van der Waals surface area contributed by atoms with Gasteiger partial charge in [-0.1, -0.05) is 18.2 Å². The molecule has 0 spiro atoms. The summed E-state index contributed by atoms with van der Waals surface area (Å²) in [6.45, 7) is 4.88. The highest BCUT2D eigenvalue weighted by atomic mass is 16.5. The van der Waals surface area contributed by atoms with Crippen molar-refractivity contribution in [3.8, 4) is 5.75 Å². The summed E-state index contributed by atoms with van der Waals surface area (Å²) in [4.78, 5) is 21.1. The van der Waals surface area contributed by atoms with Gasteiger partial charge in [0.2, 0.25) is 0 Å². The van der Waals surface area contributed by atoms with Crippen LogP contribution in [0.25, 0.3) is 0 Å². The van der Waals surface area contributed by atoms with Crippen LogP contribution in [-0.2, 0) is 4.79 Å². The first-order chi connectivity index (χ1) is 12.3. The monoisotopic (exact) mass is 338 g/mol. The van der Waals surface area contributed by atoms with Crippen LogP contribution in [0.15, 0.2) is 48.7 Å².